The minimum absolute atomic E-state index is 0.000880. The van der Waals surface area contributed by atoms with Crippen LogP contribution in [-0.4, -0.2) is 63.7 Å². The SMILES string of the molecule is CC[C@]12CCC3(O1)C(C(=O)NC(C)(C)CC(C)(C)C)N(CCCCO)C(=O)[C@@H]3[C@H]2C(=O)Nc1ccccc1. The van der Waals surface area contributed by atoms with E-state index in [1.54, 1.807) is 4.90 Å². The second-order valence-electron chi connectivity index (χ2n) is 13.3. The van der Waals surface area contributed by atoms with Gasteiger partial charge in [-0.05, 0) is 69.9 Å². The number of unbranched alkanes of at least 4 members (excludes halogenated alkanes) is 1. The number of benzene rings is 1. The van der Waals surface area contributed by atoms with Crippen LogP contribution in [0.5, 0.6) is 0 Å². The molecule has 2 unspecified atom stereocenters. The summed E-state index contributed by atoms with van der Waals surface area (Å²) in [5, 5.41) is 15.6. The second-order valence-corrected chi connectivity index (χ2v) is 13.3. The first kappa shape index (κ1) is 28.6. The number of fused-ring (bicyclic) bond motifs is 1. The van der Waals surface area contributed by atoms with Crippen LogP contribution in [0.25, 0.3) is 0 Å². The highest BCUT2D eigenvalue weighted by Gasteiger charge is 2.78. The molecule has 4 rings (SSSR count). The van der Waals surface area contributed by atoms with E-state index in [1.165, 1.54) is 0 Å². The Hall–Kier alpha value is -2.45. The summed E-state index contributed by atoms with van der Waals surface area (Å²) in [4.78, 5) is 43.6. The summed E-state index contributed by atoms with van der Waals surface area (Å²) in [6, 6.07) is 8.42. The van der Waals surface area contributed by atoms with E-state index in [9.17, 15) is 19.5 Å². The number of aliphatic hydroxyl groups is 1. The van der Waals surface area contributed by atoms with Crippen LogP contribution in [-0.2, 0) is 19.1 Å². The summed E-state index contributed by atoms with van der Waals surface area (Å²) in [7, 11) is 0. The fourth-order valence-corrected chi connectivity index (χ4v) is 7.56. The number of nitrogens with one attached hydrogen (secondary N) is 2. The standard InChI is InChI=1S/C30H45N3O5/c1-7-29-15-16-30(38-29)22(21(29)24(35)31-20-13-9-8-10-14-20)26(37)33(17-11-12-18-34)23(30)25(36)32-28(5,6)19-27(2,3)4/h8-10,13-14,21-23,34H,7,11-12,15-19H2,1-6H3,(H,31,35)(H,32,36)/t21-,22-,23?,29+,30?/m0/s1. The van der Waals surface area contributed by atoms with Crippen LogP contribution in [0.15, 0.2) is 30.3 Å². The smallest absolute Gasteiger partial charge is 0.246 e. The van der Waals surface area contributed by atoms with Gasteiger partial charge in [-0.1, -0.05) is 45.9 Å². The van der Waals surface area contributed by atoms with Crippen molar-refractivity contribution in [2.24, 2.45) is 17.3 Å². The number of carbonyl (C=O) groups excluding carboxylic acids is 3. The van der Waals surface area contributed by atoms with Crippen molar-refractivity contribution in [2.45, 2.75) is 103 Å². The van der Waals surface area contributed by atoms with Crippen molar-refractivity contribution in [3.63, 3.8) is 0 Å². The quantitative estimate of drug-likeness (QED) is 0.400. The lowest BCUT2D eigenvalue weighted by molar-refractivity contribution is -0.147. The van der Waals surface area contributed by atoms with E-state index in [4.69, 9.17) is 4.74 Å². The van der Waals surface area contributed by atoms with Gasteiger partial charge in [-0.15, -0.1) is 0 Å². The fraction of sp³-hybridized carbons (Fsp3) is 0.700. The molecule has 1 aromatic rings. The van der Waals surface area contributed by atoms with Gasteiger partial charge in [0.05, 0.1) is 17.4 Å². The summed E-state index contributed by atoms with van der Waals surface area (Å²) >= 11 is 0. The van der Waals surface area contributed by atoms with E-state index in [1.807, 2.05) is 51.1 Å². The normalized spacial score (nSPS) is 30.4. The summed E-state index contributed by atoms with van der Waals surface area (Å²) < 4.78 is 6.81. The van der Waals surface area contributed by atoms with E-state index >= 15 is 0 Å². The molecule has 3 aliphatic heterocycles. The van der Waals surface area contributed by atoms with Crippen molar-refractivity contribution in [1.82, 2.24) is 10.2 Å². The molecule has 3 fully saturated rings. The molecule has 3 N–H and O–H groups in total. The van der Waals surface area contributed by atoms with E-state index in [0.29, 0.717) is 44.3 Å². The van der Waals surface area contributed by atoms with Crippen molar-refractivity contribution in [2.75, 3.05) is 18.5 Å². The first-order chi connectivity index (χ1) is 17.8. The molecule has 8 heteroatoms. The van der Waals surface area contributed by atoms with Crippen molar-refractivity contribution >= 4 is 23.4 Å². The Morgan fingerprint density at radius 2 is 1.76 bits per heavy atom. The molecule has 0 aliphatic carbocycles. The molecule has 8 nitrogen and oxygen atoms in total. The van der Waals surface area contributed by atoms with E-state index in [2.05, 4.69) is 31.4 Å². The first-order valence-electron chi connectivity index (χ1n) is 14.1. The number of hydrogen-bond donors (Lipinski definition) is 3. The summed E-state index contributed by atoms with van der Waals surface area (Å²) in [5.41, 5.74) is -1.65. The summed E-state index contributed by atoms with van der Waals surface area (Å²) in [5.74, 6) is -2.07. The molecular formula is C30H45N3O5. The lowest BCUT2D eigenvalue weighted by atomic mass is 9.65. The van der Waals surface area contributed by atoms with Gasteiger partial charge in [0, 0.05) is 24.4 Å². The molecule has 0 aromatic heterocycles. The average molecular weight is 528 g/mol. The number of para-hydroxylation sites is 1. The zero-order valence-corrected chi connectivity index (χ0v) is 23.8. The number of hydrogen-bond acceptors (Lipinski definition) is 5. The Labute approximate surface area is 226 Å². The maximum Gasteiger partial charge on any atom is 0.246 e. The van der Waals surface area contributed by atoms with Gasteiger partial charge in [-0.3, -0.25) is 14.4 Å². The number of rotatable bonds is 10. The van der Waals surface area contributed by atoms with E-state index in [-0.39, 0.29) is 29.7 Å². The lowest BCUT2D eigenvalue weighted by Crippen LogP contribution is -2.59. The number of nitrogens with zero attached hydrogens (tertiary/aromatic N) is 1. The first-order valence-corrected chi connectivity index (χ1v) is 14.1. The summed E-state index contributed by atoms with van der Waals surface area (Å²) in [6.45, 7) is 12.8. The number of likely N-dealkylation sites (tertiary alicyclic amines) is 1. The monoisotopic (exact) mass is 527 g/mol. The van der Waals surface area contributed by atoms with Crippen LogP contribution in [0, 0.1) is 17.3 Å². The Kier molecular flexibility index (Phi) is 7.71. The number of aliphatic hydroxyl groups excluding tert-OH is 1. The second kappa shape index (κ2) is 10.3. The van der Waals surface area contributed by atoms with Crippen molar-refractivity contribution < 1.29 is 24.2 Å². The van der Waals surface area contributed by atoms with Crippen LogP contribution in [0.2, 0.25) is 0 Å². The zero-order chi connectivity index (χ0) is 27.9. The maximum atomic E-state index is 14.1. The third-order valence-electron chi connectivity index (χ3n) is 8.49. The number of carbonyl (C=O) groups is 3. The Balaban J connectivity index is 1.70. The van der Waals surface area contributed by atoms with Crippen LogP contribution < -0.4 is 10.6 Å². The molecule has 0 saturated carbocycles. The molecule has 210 valence electrons. The minimum Gasteiger partial charge on any atom is -0.396 e. The predicted octanol–water partition coefficient (Wildman–Crippen LogP) is 3.88. The molecule has 1 spiro atoms. The number of ether oxygens (including phenoxy) is 1. The van der Waals surface area contributed by atoms with Crippen LogP contribution in [0.4, 0.5) is 5.69 Å². The molecule has 0 radical (unpaired) electrons. The van der Waals surface area contributed by atoms with Gasteiger partial charge in [0.2, 0.25) is 17.7 Å². The van der Waals surface area contributed by atoms with Crippen molar-refractivity contribution in [1.29, 1.82) is 0 Å². The highest BCUT2D eigenvalue weighted by Crippen LogP contribution is 2.64. The average Bonchev–Trinajstić information content (AvgIpc) is 3.42. The molecule has 3 heterocycles. The Morgan fingerprint density at radius 3 is 2.37 bits per heavy atom. The summed E-state index contributed by atoms with van der Waals surface area (Å²) in [6.07, 6.45) is 3.62. The molecular weight excluding hydrogens is 482 g/mol. The molecule has 1 aromatic carbocycles. The van der Waals surface area contributed by atoms with Crippen molar-refractivity contribution in [3.05, 3.63) is 30.3 Å². The minimum atomic E-state index is -1.05. The zero-order valence-electron chi connectivity index (χ0n) is 23.8. The van der Waals surface area contributed by atoms with Gasteiger partial charge in [-0.2, -0.15) is 0 Å². The number of anilines is 1. The highest BCUT2D eigenvalue weighted by atomic mass is 16.5. The number of amides is 3. The largest absolute Gasteiger partial charge is 0.396 e. The lowest BCUT2D eigenvalue weighted by Gasteiger charge is -2.38. The fourth-order valence-electron chi connectivity index (χ4n) is 7.56. The van der Waals surface area contributed by atoms with Gasteiger partial charge in [-0.25, -0.2) is 0 Å². The third-order valence-corrected chi connectivity index (χ3v) is 8.49. The molecule has 3 amide bonds. The van der Waals surface area contributed by atoms with Gasteiger partial charge in [0.15, 0.2) is 0 Å². The topological polar surface area (TPSA) is 108 Å². The van der Waals surface area contributed by atoms with Gasteiger partial charge < -0.3 is 25.4 Å². The van der Waals surface area contributed by atoms with Gasteiger partial charge in [0.1, 0.15) is 11.6 Å². The van der Waals surface area contributed by atoms with Crippen molar-refractivity contribution in [3.8, 4) is 0 Å². The Morgan fingerprint density at radius 1 is 1.08 bits per heavy atom. The molecule has 3 aliphatic rings. The van der Waals surface area contributed by atoms with Gasteiger partial charge in [0.25, 0.3) is 0 Å². The molecule has 38 heavy (non-hydrogen) atoms. The predicted molar refractivity (Wildman–Crippen MR) is 146 cm³/mol. The van der Waals surface area contributed by atoms with Crippen LogP contribution in [0.3, 0.4) is 0 Å². The maximum absolute atomic E-state index is 14.1. The molecule has 5 atom stereocenters. The molecule has 3 saturated heterocycles. The Bertz CT molecular complexity index is 1050. The van der Waals surface area contributed by atoms with Crippen LogP contribution >= 0.6 is 0 Å². The highest BCUT2D eigenvalue weighted by molar-refractivity contribution is 6.02. The van der Waals surface area contributed by atoms with Crippen LogP contribution in [0.1, 0.15) is 80.1 Å². The van der Waals surface area contributed by atoms with Gasteiger partial charge >= 0.3 is 0 Å². The third kappa shape index (κ3) is 5.09. The van der Waals surface area contributed by atoms with E-state index < -0.39 is 34.6 Å². The molecule has 2 bridgehead atoms. The van der Waals surface area contributed by atoms with E-state index in [0.717, 1.165) is 6.42 Å².